The van der Waals surface area contributed by atoms with Gasteiger partial charge in [-0.05, 0) is 35.1 Å². The second-order valence-electron chi connectivity index (χ2n) is 8.76. The number of carbonyl (C=O) groups excluding carboxylic acids is 2. The highest BCUT2D eigenvalue weighted by atomic mass is 16.5. The van der Waals surface area contributed by atoms with Crippen LogP contribution in [0.4, 0.5) is 4.79 Å². The lowest BCUT2D eigenvalue weighted by Gasteiger charge is -2.20. The molecule has 3 rings (SSSR count). The minimum Gasteiger partial charge on any atom is -0.481 e. The molecule has 2 aromatic rings. The Bertz CT molecular complexity index is 961. The van der Waals surface area contributed by atoms with Gasteiger partial charge in [0, 0.05) is 24.9 Å². The maximum atomic E-state index is 12.6. The largest absolute Gasteiger partial charge is 0.481 e. The molecule has 0 saturated carbocycles. The van der Waals surface area contributed by atoms with Crippen LogP contribution in [0.2, 0.25) is 0 Å². The normalized spacial score (nSPS) is 13.9. The van der Waals surface area contributed by atoms with Gasteiger partial charge in [-0.1, -0.05) is 75.2 Å². The van der Waals surface area contributed by atoms with E-state index < -0.39 is 18.0 Å². The van der Waals surface area contributed by atoms with E-state index in [0.29, 0.717) is 12.8 Å². The molecule has 34 heavy (non-hydrogen) atoms. The van der Waals surface area contributed by atoms with Crippen LogP contribution in [0.15, 0.2) is 48.5 Å². The molecule has 7 heteroatoms. The van der Waals surface area contributed by atoms with E-state index in [9.17, 15) is 14.4 Å². The van der Waals surface area contributed by atoms with Crippen molar-refractivity contribution in [3.05, 3.63) is 59.7 Å². The Hall–Kier alpha value is -3.35. The van der Waals surface area contributed by atoms with Crippen molar-refractivity contribution >= 4 is 18.0 Å². The fraction of sp³-hybridized carbons (Fsp3) is 0.444. The zero-order valence-corrected chi connectivity index (χ0v) is 19.9. The van der Waals surface area contributed by atoms with Gasteiger partial charge < -0.3 is 20.5 Å². The average Bonchev–Trinajstić information content (AvgIpc) is 3.15. The lowest BCUT2D eigenvalue weighted by molar-refractivity contribution is -0.141. The Balaban J connectivity index is 1.57. The van der Waals surface area contributed by atoms with Gasteiger partial charge in [-0.2, -0.15) is 0 Å². The third-order valence-corrected chi connectivity index (χ3v) is 6.39. The van der Waals surface area contributed by atoms with Crippen molar-refractivity contribution in [3.63, 3.8) is 0 Å². The smallest absolute Gasteiger partial charge is 0.407 e. The Morgan fingerprint density at radius 3 is 2.18 bits per heavy atom. The summed E-state index contributed by atoms with van der Waals surface area (Å²) in [7, 11) is 0. The number of rotatable bonds is 12. The van der Waals surface area contributed by atoms with Crippen LogP contribution >= 0.6 is 0 Å². The molecule has 0 bridgehead atoms. The minimum atomic E-state index is -0.929. The van der Waals surface area contributed by atoms with Gasteiger partial charge in [0.15, 0.2) is 0 Å². The van der Waals surface area contributed by atoms with Crippen LogP contribution in [0.25, 0.3) is 11.1 Å². The van der Waals surface area contributed by atoms with Gasteiger partial charge in [-0.25, -0.2) is 4.79 Å². The summed E-state index contributed by atoms with van der Waals surface area (Å²) >= 11 is 0. The number of aliphatic carboxylic acids is 1. The number of fused-ring (bicyclic) bond motifs is 3. The number of carboxylic acids is 1. The molecule has 2 amide bonds. The van der Waals surface area contributed by atoms with Gasteiger partial charge in [-0.3, -0.25) is 9.59 Å². The van der Waals surface area contributed by atoms with Crippen molar-refractivity contribution in [2.24, 2.45) is 5.92 Å². The maximum absolute atomic E-state index is 12.6. The van der Waals surface area contributed by atoms with Crippen LogP contribution in [-0.4, -0.2) is 42.3 Å². The third-order valence-electron chi connectivity index (χ3n) is 6.39. The lowest BCUT2D eigenvalue weighted by Crippen LogP contribution is -2.41. The summed E-state index contributed by atoms with van der Waals surface area (Å²) in [6.07, 6.45) is 2.40. The lowest BCUT2D eigenvalue weighted by atomic mass is 9.98. The number of amides is 2. The molecule has 1 aliphatic carbocycles. The van der Waals surface area contributed by atoms with E-state index >= 15 is 0 Å². The molecule has 0 fully saturated rings. The van der Waals surface area contributed by atoms with Crippen molar-refractivity contribution in [2.45, 2.75) is 57.9 Å². The molecule has 1 unspecified atom stereocenters. The van der Waals surface area contributed by atoms with E-state index in [-0.39, 0.29) is 37.4 Å². The number of hydrogen-bond acceptors (Lipinski definition) is 4. The topological polar surface area (TPSA) is 105 Å². The van der Waals surface area contributed by atoms with Gasteiger partial charge in [0.2, 0.25) is 5.91 Å². The summed E-state index contributed by atoms with van der Waals surface area (Å²) in [6, 6.07) is 15.9. The molecule has 0 saturated heterocycles. The van der Waals surface area contributed by atoms with Crippen LogP contribution in [0.3, 0.4) is 0 Å². The molecule has 0 heterocycles. The quantitative estimate of drug-likeness (QED) is 0.421. The van der Waals surface area contributed by atoms with Crippen LogP contribution in [0.1, 0.15) is 63.0 Å². The number of carbonyl (C=O) groups is 3. The molecule has 0 spiro atoms. The number of ether oxygens (including phenoxy) is 1. The van der Waals surface area contributed by atoms with Crippen LogP contribution in [-0.2, 0) is 14.3 Å². The molecule has 1 aliphatic rings. The van der Waals surface area contributed by atoms with Crippen molar-refractivity contribution in [2.75, 3.05) is 13.2 Å². The standard InChI is InChI=1S/C27H34N2O5/c1-3-5-10-19(15-25(30)28-16-18(4-2)26(31)32)29-27(33)34-17-24-22-13-8-6-11-20(22)21-12-7-9-14-23(21)24/h6-9,11-14,18-19,24H,3-5,10,15-17H2,1-2H3,(H,28,30)(H,29,33)(H,31,32)/t18?,19-/m0/s1. The number of carboxylic acid groups (broad SMARTS) is 1. The zero-order valence-electron chi connectivity index (χ0n) is 19.9. The van der Waals surface area contributed by atoms with Crippen LogP contribution in [0, 0.1) is 5.92 Å². The second kappa shape index (κ2) is 12.2. The maximum Gasteiger partial charge on any atom is 0.407 e. The Kier molecular flexibility index (Phi) is 9.08. The van der Waals surface area contributed by atoms with Gasteiger partial charge in [0.05, 0.1) is 5.92 Å². The summed E-state index contributed by atoms with van der Waals surface area (Å²) in [5.41, 5.74) is 4.61. The van der Waals surface area contributed by atoms with E-state index in [1.54, 1.807) is 6.92 Å². The van der Waals surface area contributed by atoms with Crippen LogP contribution < -0.4 is 10.6 Å². The van der Waals surface area contributed by atoms with Crippen molar-refractivity contribution < 1.29 is 24.2 Å². The summed E-state index contributed by atoms with van der Waals surface area (Å²) in [5, 5.41) is 14.7. The summed E-state index contributed by atoms with van der Waals surface area (Å²) in [6.45, 7) is 4.11. The first-order valence-electron chi connectivity index (χ1n) is 12.1. The van der Waals surface area contributed by atoms with Gasteiger partial charge in [0.25, 0.3) is 0 Å². The summed E-state index contributed by atoms with van der Waals surface area (Å²) in [5.74, 6) is -1.85. The molecule has 2 atom stereocenters. The number of unbranched alkanes of at least 4 members (excludes halogenated alkanes) is 1. The zero-order chi connectivity index (χ0) is 24.5. The molecule has 2 aromatic carbocycles. The Labute approximate surface area is 200 Å². The molecular formula is C27H34N2O5. The SMILES string of the molecule is CCCC[C@@H](CC(=O)NCC(CC)C(=O)O)NC(=O)OCC1c2ccccc2-c2ccccc21. The Morgan fingerprint density at radius 1 is 1.00 bits per heavy atom. The van der Waals surface area contributed by atoms with Gasteiger partial charge >= 0.3 is 12.1 Å². The van der Waals surface area contributed by atoms with E-state index in [0.717, 1.165) is 35.1 Å². The van der Waals surface area contributed by atoms with Crippen molar-refractivity contribution in [3.8, 4) is 11.1 Å². The first kappa shape index (κ1) is 25.3. The number of benzene rings is 2. The highest BCUT2D eigenvalue weighted by Crippen LogP contribution is 2.44. The fourth-order valence-corrected chi connectivity index (χ4v) is 4.42. The Morgan fingerprint density at radius 2 is 1.62 bits per heavy atom. The van der Waals surface area contributed by atoms with Gasteiger partial charge in [-0.15, -0.1) is 0 Å². The molecule has 0 radical (unpaired) electrons. The predicted octanol–water partition coefficient (Wildman–Crippen LogP) is 4.70. The predicted molar refractivity (Wildman–Crippen MR) is 131 cm³/mol. The molecular weight excluding hydrogens is 432 g/mol. The van der Waals surface area contributed by atoms with Crippen molar-refractivity contribution in [1.29, 1.82) is 0 Å². The van der Waals surface area contributed by atoms with Crippen molar-refractivity contribution in [1.82, 2.24) is 10.6 Å². The first-order valence-corrected chi connectivity index (χ1v) is 12.1. The number of alkyl carbamates (subject to hydrolysis) is 1. The summed E-state index contributed by atoms with van der Waals surface area (Å²) in [4.78, 5) is 36.2. The molecule has 7 nitrogen and oxygen atoms in total. The monoisotopic (exact) mass is 466 g/mol. The first-order chi connectivity index (χ1) is 16.4. The number of nitrogens with one attached hydrogen (secondary N) is 2. The van der Waals surface area contributed by atoms with E-state index in [1.807, 2.05) is 31.2 Å². The van der Waals surface area contributed by atoms with Gasteiger partial charge in [0.1, 0.15) is 6.61 Å². The molecule has 182 valence electrons. The summed E-state index contributed by atoms with van der Waals surface area (Å²) < 4.78 is 5.62. The minimum absolute atomic E-state index is 0.0301. The average molecular weight is 467 g/mol. The van der Waals surface area contributed by atoms with E-state index in [1.165, 1.54) is 0 Å². The second-order valence-corrected chi connectivity index (χ2v) is 8.76. The van der Waals surface area contributed by atoms with E-state index in [2.05, 4.69) is 34.9 Å². The van der Waals surface area contributed by atoms with E-state index in [4.69, 9.17) is 9.84 Å². The fourth-order valence-electron chi connectivity index (χ4n) is 4.42. The molecule has 0 aliphatic heterocycles. The molecule has 0 aromatic heterocycles. The molecule has 3 N–H and O–H groups in total. The number of hydrogen-bond donors (Lipinski definition) is 3. The highest BCUT2D eigenvalue weighted by molar-refractivity contribution is 5.80. The third kappa shape index (κ3) is 6.37. The van der Waals surface area contributed by atoms with Crippen LogP contribution in [0.5, 0.6) is 0 Å². The highest BCUT2D eigenvalue weighted by Gasteiger charge is 2.29.